The number of non-ortho nitro benzene ring substituents is 1. The molecule has 1 saturated heterocycles. The van der Waals surface area contributed by atoms with Crippen molar-refractivity contribution < 1.29 is 14.1 Å². The van der Waals surface area contributed by atoms with Gasteiger partial charge < -0.3 is 19.4 Å². The summed E-state index contributed by atoms with van der Waals surface area (Å²) in [7, 11) is 1.64. The van der Waals surface area contributed by atoms with Crippen LogP contribution in [0.1, 0.15) is 29.1 Å². The van der Waals surface area contributed by atoms with Gasteiger partial charge in [0.25, 0.3) is 5.69 Å². The summed E-state index contributed by atoms with van der Waals surface area (Å²) >= 11 is 5.74. The van der Waals surface area contributed by atoms with Crippen LogP contribution in [-0.2, 0) is 6.54 Å². The van der Waals surface area contributed by atoms with Crippen molar-refractivity contribution in [3.63, 3.8) is 0 Å². The largest absolute Gasteiger partial charge is 0.497 e. The molecule has 176 valence electrons. The molecule has 1 aliphatic heterocycles. The van der Waals surface area contributed by atoms with Gasteiger partial charge in [0.05, 0.1) is 23.8 Å². The molecule has 2 aromatic heterocycles. The maximum Gasteiger partial charge on any atom is 0.269 e. The van der Waals surface area contributed by atoms with Gasteiger partial charge in [0.2, 0.25) is 0 Å². The lowest BCUT2D eigenvalue weighted by Crippen LogP contribution is -2.29. The van der Waals surface area contributed by atoms with Crippen molar-refractivity contribution in [2.75, 3.05) is 7.11 Å². The van der Waals surface area contributed by atoms with E-state index in [2.05, 4.69) is 15.2 Å². The molecule has 2 atom stereocenters. The lowest BCUT2D eigenvalue weighted by molar-refractivity contribution is -0.384. The number of ether oxygens (including phenoxy) is 1. The Hall–Kier alpha value is -4.24. The molecule has 1 aliphatic rings. The Morgan fingerprint density at radius 3 is 2.51 bits per heavy atom. The van der Waals surface area contributed by atoms with Gasteiger partial charge in [-0.15, -0.1) is 0 Å². The van der Waals surface area contributed by atoms with Gasteiger partial charge in [-0.2, -0.15) is 0 Å². The molecule has 2 aromatic carbocycles. The number of rotatable bonds is 7. The first-order chi connectivity index (χ1) is 17.0. The Bertz CT molecular complexity index is 1340. The fraction of sp³-hybridized carbons (Fsp3) is 0.154. The highest BCUT2D eigenvalue weighted by Crippen LogP contribution is 2.41. The summed E-state index contributed by atoms with van der Waals surface area (Å²) in [5.74, 6) is 2.13. The Morgan fingerprint density at radius 1 is 1.09 bits per heavy atom. The maximum atomic E-state index is 11.0. The number of nitrogens with zero attached hydrogens (tertiary/aromatic N) is 3. The van der Waals surface area contributed by atoms with E-state index in [1.165, 1.54) is 12.1 Å². The molecule has 0 radical (unpaired) electrons. The Kier molecular flexibility index (Phi) is 6.15. The van der Waals surface area contributed by atoms with Gasteiger partial charge in [0.1, 0.15) is 23.3 Å². The van der Waals surface area contributed by atoms with Crippen LogP contribution in [0.4, 0.5) is 5.69 Å². The molecule has 0 spiro atoms. The van der Waals surface area contributed by atoms with E-state index >= 15 is 0 Å². The van der Waals surface area contributed by atoms with E-state index in [1.54, 1.807) is 25.4 Å². The highest BCUT2D eigenvalue weighted by atomic mass is 32.1. The molecule has 1 N–H and O–H groups in total. The second kappa shape index (κ2) is 9.55. The zero-order valence-electron chi connectivity index (χ0n) is 18.8. The summed E-state index contributed by atoms with van der Waals surface area (Å²) in [6, 6.07) is 23.3. The number of thiocarbonyl (C=S) groups is 1. The summed E-state index contributed by atoms with van der Waals surface area (Å²) < 4.78 is 11.6. The molecule has 0 amide bonds. The molecule has 1 fully saturated rings. The highest BCUT2D eigenvalue weighted by Gasteiger charge is 2.41. The van der Waals surface area contributed by atoms with Crippen LogP contribution < -0.4 is 10.1 Å². The zero-order chi connectivity index (χ0) is 24.4. The summed E-state index contributed by atoms with van der Waals surface area (Å²) in [5, 5.41) is 15.0. The fourth-order valence-corrected chi connectivity index (χ4v) is 4.53. The number of pyridine rings is 1. The lowest BCUT2D eigenvalue weighted by atomic mass is 10.0. The smallest absolute Gasteiger partial charge is 0.269 e. The molecule has 5 rings (SSSR count). The van der Waals surface area contributed by atoms with E-state index in [-0.39, 0.29) is 17.8 Å². The zero-order valence-corrected chi connectivity index (χ0v) is 19.6. The quantitative estimate of drug-likeness (QED) is 0.210. The summed E-state index contributed by atoms with van der Waals surface area (Å²) in [5.41, 5.74) is 2.72. The monoisotopic (exact) mass is 486 g/mol. The van der Waals surface area contributed by atoms with Crippen molar-refractivity contribution in [1.29, 1.82) is 0 Å². The normalized spacial score (nSPS) is 17.3. The number of aromatic nitrogens is 1. The minimum atomic E-state index is -0.420. The molecule has 3 heterocycles. The third kappa shape index (κ3) is 4.58. The highest BCUT2D eigenvalue weighted by molar-refractivity contribution is 7.80. The number of hydrogen-bond acceptors (Lipinski definition) is 6. The Labute approximate surface area is 207 Å². The third-order valence-corrected chi connectivity index (χ3v) is 6.34. The molecule has 35 heavy (non-hydrogen) atoms. The molecule has 0 aliphatic carbocycles. The number of methoxy groups -OCH3 is 1. The van der Waals surface area contributed by atoms with Crippen LogP contribution >= 0.6 is 12.2 Å². The second-order valence-corrected chi connectivity index (χ2v) is 8.50. The average molecular weight is 487 g/mol. The van der Waals surface area contributed by atoms with Crippen molar-refractivity contribution in [3.8, 4) is 17.1 Å². The lowest BCUT2D eigenvalue weighted by Gasteiger charge is -2.26. The van der Waals surface area contributed by atoms with Crippen LogP contribution in [0.2, 0.25) is 0 Å². The Balaban J connectivity index is 1.49. The summed E-state index contributed by atoms with van der Waals surface area (Å²) in [4.78, 5) is 17.2. The number of nitro groups is 1. The number of hydrogen-bond donors (Lipinski definition) is 1. The topological polar surface area (TPSA) is 93.7 Å². The van der Waals surface area contributed by atoms with E-state index in [9.17, 15) is 10.1 Å². The van der Waals surface area contributed by atoms with E-state index < -0.39 is 4.92 Å². The molecular weight excluding hydrogens is 464 g/mol. The minimum absolute atomic E-state index is 0.0340. The molecule has 0 saturated carbocycles. The number of nitrogens with one attached hydrogen (secondary N) is 1. The van der Waals surface area contributed by atoms with Crippen LogP contribution in [0.5, 0.6) is 5.75 Å². The van der Waals surface area contributed by atoms with Crippen molar-refractivity contribution in [2.24, 2.45) is 0 Å². The summed E-state index contributed by atoms with van der Waals surface area (Å²) in [6.07, 6.45) is 1.76. The van der Waals surface area contributed by atoms with Crippen molar-refractivity contribution in [2.45, 2.75) is 18.6 Å². The molecule has 0 unspecified atom stereocenters. The standard InChI is InChI=1S/C26H22N4O4S/c1-33-20-11-5-17(6-12-20)16-29-25(24(28-26(29)35)21-4-2-3-15-27-21)23-14-13-22(34-23)18-7-9-19(10-8-18)30(31)32/h2-15,24-25H,16H2,1H3,(H,28,35)/t24-,25+/m0/s1. The van der Waals surface area contributed by atoms with Crippen LogP contribution in [0.25, 0.3) is 11.3 Å². The van der Waals surface area contributed by atoms with Crippen LogP contribution in [0.15, 0.2) is 89.5 Å². The SMILES string of the molecule is COc1ccc(CN2C(=S)N[C@@H](c3ccccn3)[C@H]2c2ccc(-c3ccc([N+](=O)[O-])cc3)o2)cc1. The molecule has 4 aromatic rings. The van der Waals surface area contributed by atoms with Crippen molar-refractivity contribution in [1.82, 2.24) is 15.2 Å². The van der Waals surface area contributed by atoms with Crippen molar-refractivity contribution in [3.05, 3.63) is 112 Å². The van der Waals surface area contributed by atoms with Crippen LogP contribution in [-0.4, -0.2) is 27.0 Å². The Morgan fingerprint density at radius 2 is 1.86 bits per heavy atom. The fourth-order valence-electron chi connectivity index (χ4n) is 4.23. The van der Waals surface area contributed by atoms with Gasteiger partial charge in [-0.25, -0.2) is 0 Å². The van der Waals surface area contributed by atoms with Crippen molar-refractivity contribution >= 4 is 23.0 Å². The number of furan rings is 1. The van der Waals surface area contributed by atoms with Gasteiger partial charge in [-0.3, -0.25) is 15.1 Å². The van der Waals surface area contributed by atoms with E-state index in [4.69, 9.17) is 21.4 Å². The van der Waals surface area contributed by atoms with Gasteiger partial charge in [0.15, 0.2) is 5.11 Å². The van der Waals surface area contributed by atoms with Crippen LogP contribution in [0, 0.1) is 10.1 Å². The first kappa shape index (κ1) is 22.5. The van der Waals surface area contributed by atoms with Gasteiger partial charge in [0, 0.05) is 30.4 Å². The molecule has 8 nitrogen and oxygen atoms in total. The first-order valence-electron chi connectivity index (χ1n) is 11.0. The van der Waals surface area contributed by atoms with Gasteiger partial charge in [-0.05, 0) is 66.3 Å². The van der Waals surface area contributed by atoms with Gasteiger partial charge in [-0.1, -0.05) is 18.2 Å². The van der Waals surface area contributed by atoms with E-state index in [0.29, 0.717) is 17.4 Å². The predicted octanol–water partition coefficient (Wildman–Crippen LogP) is 5.43. The summed E-state index contributed by atoms with van der Waals surface area (Å²) in [6.45, 7) is 0.567. The number of benzene rings is 2. The predicted molar refractivity (Wildman–Crippen MR) is 135 cm³/mol. The second-order valence-electron chi connectivity index (χ2n) is 8.11. The number of nitro benzene ring substituents is 1. The molecule has 9 heteroatoms. The van der Waals surface area contributed by atoms with E-state index in [0.717, 1.165) is 28.3 Å². The van der Waals surface area contributed by atoms with Gasteiger partial charge >= 0.3 is 0 Å². The average Bonchev–Trinajstić information content (AvgIpc) is 3.50. The molecule has 0 bridgehead atoms. The third-order valence-electron chi connectivity index (χ3n) is 5.99. The first-order valence-corrected chi connectivity index (χ1v) is 11.4. The maximum absolute atomic E-state index is 11.0. The van der Waals surface area contributed by atoms with E-state index in [1.807, 2.05) is 54.6 Å². The minimum Gasteiger partial charge on any atom is -0.497 e. The van der Waals surface area contributed by atoms with Crippen LogP contribution in [0.3, 0.4) is 0 Å². The molecular formula is C26H22N4O4S.